The zero-order valence-electron chi connectivity index (χ0n) is 58.4. The van der Waals surface area contributed by atoms with Crippen LogP contribution in [0.1, 0.15) is 104 Å². The van der Waals surface area contributed by atoms with E-state index in [1.54, 1.807) is 46.0 Å². The van der Waals surface area contributed by atoms with E-state index in [2.05, 4.69) is 98.4 Å². The molecular weight excluding hydrogens is 1380 g/mol. The molecule has 1 aliphatic heterocycles. The number of carbonyl (C=O) groups excluding carboxylic acids is 11. The van der Waals surface area contributed by atoms with E-state index in [9.17, 15) is 67.7 Å². The number of aromatic nitrogens is 1. The summed E-state index contributed by atoms with van der Waals surface area (Å²) in [5.41, 5.74) is 40.8. The number of H-pyrrole nitrogens is 1. The Hall–Kier alpha value is -10.1. The number of para-hydroxylation sites is 1. The monoisotopic (exact) mass is 1480 g/mol. The molecule has 38 heteroatoms. The number of nitrogens with one attached hydrogen (secondary N) is 11. The van der Waals surface area contributed by atoms with Crippen LogP contribution < -0.4 is 93.3 Å². The number of aliphatic imine (C=N–C) groups is 3. The molecule has 3 aromatic rings. The lowest BCUT2D eigenvalue weighted by Crippen LogP contribution is -2.61. The third kappa shape index (κ3) is 29.0. The van der Waals surface area contributed by atoms with Crippen molar-refractivity contribution in [2.45, 2.75) is 172 Å². The van der Waals surface area contributed by atoms with Gasteiger partial charge in [-0.15, -0.1) is 0 Å². The number of amides is 11. The maximum atomic E-state index is 14.8. The number of guanidine groups is 3. The summed E-state index contributed by atoms with van der Waals surface area (Å²) in [7, 11) is 0. The van der Waals surface area contributed by atoms with Crippen LogP contribution in [0.2, 0.25) is 0 Å². The zero-order valence-corrected chi connectivity index (χ0v) is 60.2. The predicted octanol–water partition coefficient (Wildman–Crippen LogP) is -4.72. The fourth-order valence-electron chi connectivity index (χ4n) is 10.9. The Morgan fingerprint density at radius 1 is 0.573 bits per heavy atom. The molecule has 1 aliphatic rings. The predicted molar refractivity (Wildman–Crippen MR) is 392 cm³/mol. The number of nitrogens with two attached hydrogens (primary N) is 7. The van der Waals surface area contributed by atoms with Crippen LogP contribution in [0.25, 0.3) is 10.9 Å². The van der Waals surface area contributed by atoms with Crippen molar-refractivity contribution in [1.29, 1.82) is 0 Å². The Morgan fingerprint density at radius 3 is 1.68 bits per heavy atom. The van der Waals surface area contributed by atoms with Crippen molar-refractivity contribution in [1.82, 2.24) is 63.1 Å². The molecule has 2 aromatic carbocycles. The van der Waals surface area contributed by atoms with Crippen LogP contribution >= 0.6 is 25.3 Å². The molecule has 11 atom stereocenters. The molecule has 27 N–H and O–H groups in total. The lowest BCUT2D eigenvalue weighted by atomic mass is 9.99. The van der Waals surface area contributed by atoms with E-state index in [1.807, 2.05) is 12.1 Å². The normalized spacial score (nSPS) is 15.5. The van der Waals surface area contributed by atoms with Crippen molar-refractivity contribution in [3.8, 4) is 5.75 Å². The highest BCUT2D eigenvalue weighted by Gasteiger charge is 2.41. The van der Waals surface area contributed by atoms with Gasteiger partial charge in [-0.2, -0.15) is 25.3 Å². The zero-order chi connectivity index (χ0) is 76.6. The van der Waals surface area contributed by atoms with Crippen molar-refractivity contribution in [2.24, 2.45) is 66.9 Å². The van der Waals surface area contributed by atoms with Crippen LogP contribution in [0, 0.1) is 11.8 Å². The van der Waals surface area contributed by atoms with Crippen LogP contribution in [0.4, 0.5) is 0 Å². The Labute approximate surface area is 607 Å². The highest BCUT2D eigenvalue weighted by Crippen LogP contribution is 2.23. The Kier molecular flexibility index (Phi) is 35.6. The first kappa shape index (κ1) is 85.3. The fourth-order valence-corrected chi connectivity index (χ4v) is 11.4. The van der Waals surface area contributed by atoms with E-state index >= 15 is 0 Å². The summed E-state index contributed by atoms with van der Waals surface area (Å²) in [6.07, 6.45) is 2.38. The molecule has 0 aliphatic carbocycles. The average molecular weight is 1480 g/mol. The molecule has 1 fully saturated rings. The number of nitrogens with zero attached hydrogens (tertiary/aromatic N) is 4. The SMILES string of the molecule is CC(C)C[C@H](NC(=O)[C@H](C)NC(=O)[C@H](CS)NC(=O)[C@@H](N)CCCN=C(N)N)C(=O)NCC(=O)N[C@@H](CCCN=C(N)N)C(=O)N[C@H](C(=O)N[C@@H](Cc1ccc(O)cc1)C(=O)N[C@@H](CCCN=C(N)N)C(=O)N1CCC[C@H]1C(=O)N[C@@H](CS)C(=O)N[C@@H](Cc1c[nH]c2ccccc12)C(=O)O)C(C)C. The number of carboxylic acid groups (broad SMARTS) is 1. The summed E-state index contributed by atoms with van der Waals surface area (Å²) in [5.74, 6) is -12.3. The first-order valence-corrected chi connectivity index (χ1v) is 35.0. The summed E-state index contributed by atoms with van der Waals surface area (Å²) < 4.78 is 0. The molecule has 36 nitrogen and oxygen atoms in total. The Morgan fingerprint density at radius 2 is 1.10 bits per heavy atom. The highest BCUT2D eigenvalue weighted by atomic mass is 32.1. The smallest absolute Gasteiger partial charge is 0.326 e. The minimum Gasteiger partial charge on any atom is -0.508 e. The van der Waals surface area contributed by atoms with Gasteiger partial charge in [0.15, 0.2) is 17.9 Å². The number of carbonyl (C=O) groups is 12. The molecule has 2 heterocycles. The molecule has 4 rings (SSSR count). The van der Waals surface area contributed by atoms with Gasteiger partial charge in [-0.1, -0.05) is 58.0 Å². The van der Waals surface area contributed by atoms with Crippen LogP contribution in [0.3, 0.4) is 0 Å². The number of aromatic hydroxyl groups is 1. The molecule has 11 amide bonds. The second kappa shape index (κ2) is 43.0. The third-order valence-electron chi connectivity index (χ3n) is 16.4. The van der Waals surface area contributed by atoms with Gasteiger partial charge in [-0.05, 0) is 106 Å². The lowest BCUT2D eigenvalue weighted by molar-refractivity contribution is -0.143. The number of aliphatic carboxylic acids is 1. The Balaban J connectivity index is 1.51. The lowest BCUT2D eigenvalue weighted by Gasteiger charge is -2.31. The topological polar surface area (TPSA) is 604 Å². The number of thiol groups is 2. The van der Waals surface area contributed by atoms with E-state index in [4.69, 9.17) is 40.1 Å². The second-order valence-corrected chi connectivity index (χ2v) is 26.3. The molecule has 1 aromatic heterocycles. The Bertz CT molecular complexity index is 3490. The molecule has 1 saturated heterocycles. The van der Waals surface area contributed by atoms with Crippen LogP contribution in [-0.2, 0) is 70.4 Å². The number of hydrogen-bond donors (Lipinski definition) is 22. The van der Waals surface area contributed by atoms with Gasteiger partial charge in [-0.3, -0.25) is 67.7 Å². The minimum atomic E-state index is -1.51. The third-order valence-corrected chi connectivity index (χ3v) is 17.1. The van der Waals surface area contributed by atoms with Crippen molar-refractivity contribution < 1.29 is 67.7 Å². The van der Waals surface area contributed by atoms with Gasteiger partial charge in [0.05, 0.1) is 12.6 Å². The number of phenolic OH excluding ortho intramolecular Hbond substituents is 1. The van der Waals surface area contributed by atoms with E-state index in [1.165, 1.54) is 36.1 Å². The summed E-state index contributed by atoms with van der Waals surface area (Å²) in [6.45, 7) is 7.63. The van der Waals surface area contributed by atoms with E-state index in [0.29, 0.717) is 24.0 Å². The van der Waals surface area contributed by atoms with E-state index < -0.39 is 150 Å². The van der Waals surface area contributed by atoms with Crippen molar-refractivity contribution >= 4 is 125 Å². The summed E-state index contributed by atoms with van der Waals surface area (Å²) in [6, 6.07) is -1.50. The number of rotatable bonds is 43. The van der Waals surface area contributed by atoms with Gasteiger partial charge in [0.1, 0.15) is 66.2 Å². The molecule has 568 valence electrons. The molecule has 0 saturated carbocycles. The van der Waals surface area contributed by atoms with Gasteiger partial charge in [-0.25, -0.2) is 4.79 Å². The van der Waals surface area contributed by atoms with E-state index in [0.717, 1.165) is 10.9 Å². The number of carboxylic acids is 1. The second-order valence-electron chi connectivity index (χ2n) is 25.6. The summed E-state index contributed by atoms with van der Waals surface area (Å²) in [4.78, 5) is 182. The molecular formula is C65H102N22O14S2. The summed E-state index contributed by atoms with van der Waals surface area (Å²) >= 11 is 8.47. The van der Waals surface area contributed by atoms with Crippen LogP contribution in [-0.4, -0.2) is 220 Å². The quantitative estimate of drug-likeness (QED) is 0.0110. The first-order chi connectivity index (χ1) is 48.7. The molecule has 0 spiro atoms. The molecule has 0 bridgehead atoms. The van der Waals surface area contributed by atoms with Gasteiger partial charge < -0.3 is 113 Å². The van der Waals surface area contributed by atoms with Gasteiger partial charge in [0.25, 0.3) is 0 Å². The maximum Gasteiger partial charge on any atom is 0.326 e. The number of phenols is 1. The van der Waals surface area contributed by atoms with Crippen molar-refractivity contribution in [3.05, 3.63) is 65.9 Å². The standard InChI is InChI=1S/C65H102N22O14S2/c1-33(2)26-44(81-52(90)35(5)78-57(95)47(31-102)84-53(91)40(66)13-8-22-73-63(67)68)54(92)77-30-50(89)79-42(15-9-23-74-64(69)70)55(93)86-51(34(3)4)60(98)82-45(27-36-18-20-38(88)21-19-36)56(94)80-43(16-10-24-75-65(71)72)61(99)87-25-11-17-49(87)59(97)85-48(32-103)58(96)83-46(62(100)101)28-37-29-76-41-14-7-6-12-39(37)41/h6-7,12,14,18-21,29,33-35,40,42-49,51,76,88,102-103H,8-11,13,15-17,22-28,30-32,66H2,1-5H3,(H,77,92)(H,78,95)(H,79,89)(H,80,94)(H,81,90)(H,82,98)(H,83,96)(H,84,91)(H,85,97)(H,86,93)(H,100,101)(H4,67,68,73)(H4,69,70,74)(H4,71,72,75)/t35-,40-,42-,43-,44-,45-,46-,47-,48-,49-,51-/m0/s1. The molecule has 0 unspecified atom stereocenters. The first-order valence-electron chi connectivity index (χ1n) is 33.7. The summed E-state index contributed by atoms with van der Waals surface area (Å²) in [5, 5.41) is 46.9. The molecule has 0 radical (unpaired) electrons. The van der Waals surface area contributed by atoms with Gasteiger partial charge in [0, 0.05) is 67.6 Å². The van der Waals surface area contributed by atoms with Crippen LogP contribution in [0.15, 0.2) is 69.7 Å². The number of aromatic amines is 1. The number of likely N-dealkylation sites (tertiary alicyclic amines) is 1. The van der Waals surface area contributed by atoms with Crippen LogP contribution in [0.5, 0.6) is 5.75 Å². The van der Waals surface area contributed by atoms with Gasteiger partial charge in [0.2, 0.25) is 65.0 Å². The number of fused-ring (bicyclic) bond motifs is 1. The largest absolute Gasteiger partial charge is 0.508 e. The maximum absolute atomic E-state index is 14.8. The minimum absolute atomic E-state index is 0.000508. The number of hydrogen-bond acceptors (Lipinski definition) is 19. The van der Waals surface area contributed by atoms with Gasteiger partial charge >= 0.3 is 5.97 Å². The average Bonchev–Trinajstić information content (AvgIpc) is 1.74. The highest BCUT2D eigenvalue weighted by molar-refractivity contribution is 7.80. The van der Waals surface area contributed by atoms with Crippen molar-refractivity contribution in [3.63, 3.8) is 0 Å². The number of benzene rings is 2. The van der Waals surface area contributed by atoms with E-state index in [-0.39, 0.29) is 125 Å². The van der Waals surface area contributed by atoms with Crippen molar-refractivity contribution in [2.75, 3.05) is 44.2 Å². The fraction of sp³-hybridized carbons (Fsp3) is 0.554. The molecule has 103 heavy (non-hydrogen) atoms.